The Morgan fingerprint density at radius 2 is 0.689 bits per heavy atom. The number of nitrogens with one attached hydrogen (secondary N) is 1. The Balaban J connectivity index is 4.10. The molecule has 0 aliphatic carbocycles. The Morgan fingerprint density at radius 1 is 0.400 bits per heavy atom. The highest BCUT2D eigenvalue weighted by Crippen LogP contribution is 2.38. The summed E-state index contributed by atoms with van der Waals surface area (Å²) >= 11 is 0. The second kappa shape index (κ2) is 70.2. The molecule has 2 N–H and O–H groups in total. The summed E-state index contributed by atoms with van der Waals surface area (Å²) in [4.78, 5) is 25.7. The number of carbonyl (C=O) groups excluding carboxylic acids is 1. The standard InChI is InChI=1S/C81H145N2O6P/c1-6-8-10-12-14-16-18-20-22-24-26-28-30-32-34-36-38-39-40-41-42-43-45-47-49-51-53-55-57-59-61-63-65-67-69-71-73-75-81(85)82-79(78-89-90(86,87)88-77-76-83(3,4)5)80(84)74-72-70-68-66-64-62-60-58-56-54-52-50-48-46-44-37-35-33-31-29-27-25-23-21-19-17-15-13-11-9-7-2/h8,10,14,16,20,22,26,28,32,34,38-39,41-42,45,47,64,66,72,74,79-80,84H,6-7,9,11-13,15,17-19,21,23-25,27,29-31,33,35-37,40,43-44,46,48-63,65,67-71,73,75-78H2,1-5H3,(H-,82,85,86,87)/b10-8-,16-14-,22-20-,28-26-,34-32-,39-38-,42-41-,47-45-,66-64+,74-72+. The second-order valence-electron chi connectivity index (χ2n) is 26.6. The Kier molecular flexibility index (Phi) is 67.8. The van der Waals surface area contributed by atoms with Gasteiger partial charge < -0.3 is 28.8 Å². The molecule has 0 saturated carbocycles. The van der Waals surface area contributed by atoms with E-state index in [0.29, 0.717) is 17.4 Å². The van der Waals surface area contributed by atoms with E-state index in [9.17, 15) is 19.4 Å². The molecule has 0 aromatic rings. The van der Waals surface area contributed by atoms with Crippen LogP contribution < -0.4 is 10.2 Å². The third kappa shape index (κ3) is 72.3. The van der Waals surface area contributed by atoms with Crippen LogP contribution in [0.1, 0.15) is 335 Å². The van der Waals surface area contributed by atoms with Gasteiger partial charge in [-0.3, -0.25) is 9.36 Å². The molecule has 9 heteroatoms. The largest absolute Gasteiger partial charge is 0.756 e. The number of phosphoric acid groups is 1. The van der Waals surface area contributed by atoms with Gasteiger partial charge in [0.15, 0.2) is 0 Å². The lowest BCUT2D eigenvalue weighted by atomic mass is 10.0. The lowest BCUT2D eigenvalue weighted by molar-refractivity contribution is -0.870. The van der Waals surface area contributed by atoms with Crippen molar-refractivity contribution in [1.29, 1.82) is 0 Å². The normalized spacial score (nSPS) is 14.3. The number of aliphatic hydroxyl groups excluding tert-OH is 1. The first-order valence-electron chi connectivity index (χ1n) is 37.9. The van der Waals surface area contributed by atoms with Gasteiger partial charge in [-0.25, -0.2) is 0 Å². The number of unbranched alkanes of at least 4 members (excludes halogenated alkanes) is 38. The summed E-state index contributed by atoms with van der Waals surface area (Å²) in [5.74, 6) is -0.210. The smallest absolute Gasteiger partial charge is 0.268 e. The molecule has 8 nitrogen and oxygen atoms in total. The van der Waals surface area contributed by atoms with E-state index in [1.165, 1.54) is 225 Å². The molecule has 0 fully saturated rings. The Bertz CT molecular complexity index is 1890. The number of hydrogen-bond donors (Lipinski definition) is 2. The van der Waals surface area contributed by atoms with Gasteiger partial charge in [-0.15, -0.1) is 0 Å². The third-order valence-electron chi connectivity index (χ3n) is 16.7. The summed E-state index contributed by atoms with van der Waals surface area (Å²) in [6.07, 6.45) is 105. The monoisotopic (exact) mass is 1270 g/mol. The lowest BCUT2D eigenvalue weighted by Crippen LogP contribution is -2.45. The predicted octanol–water partition coefficient (Wildman–Crippen LogP) is 24.1. The molecule has 3 unspecified atom stereocenters. The highest BCUT2D eigenvalue weighted by atomic mass is 31.2. The number of phosphoric ester groups is 1. The van der Waals surface area contributed by atoms with Crippen LogP contribution in [0.3, 0.4) is 0 Å². The number of hydrogen-bond acceptors (Lipinski definition) is 6. The molecule has 1 amide bonds. The minimum atomic E-state index is -4.62. The van der Waals surface area contributed by atoms with Gasteiger partial charge in [0.1, 0.15) is 13.2 Å². The zero-order valence-electron chi connectivity index (χ0n) is 59.6. The number of quaternary nitrogens is 1. The van der Waals surface area contributed by atoms with Gasteiger partial charge in [0.2, 0.25) is 5.91 Å². The van der Waals surface area contributed by atoms with Crippen molar-refractivity contribution < 1.29 is 32.9 Å². The summed E-state index contributed by atoms with van der Waals surface area (Å²) in [5.41, 5.74) is 0. The van der Waals surface area contributed by atoms with Crippen LogP contribution in [0.5, 0.6) is 0 Å². The molecule has 0 aromatic heterocycles. The van der Waals surface area contributed by atoms with Crippen LogP contribution in [-0.2, 0) is 18.4 Å². The van der Waals surface area contributed by atoms with Crippen LogP contribution in [0.4, 0.5) is 0 Å². The number of likely N-dealkylation sites (N-methyl/N-ethyl adjacent to an activating group) is 1. The average molecular weight is 1270 g/mol. The molecule has 3 atom stereocenters. The van der Waals surface area contributed by atoms with E-state index in [2.05, 4.69) is 129 Å². The van der Waals surface area contributed by atoms with E-state index >= 15 is 0 Å². The Hall–Kier alpha value is -3.10. The molecule has 0 aromatic carbocycles. The topological polar surface area (TPSA) is 108 Å². The maximum Gasteiger partial charge on any atom is 0.268 e. The first kappa shape index (κ1) is 86.9. The minimum Gasteiger partial charge on any atom is -0.756 e. The van der Waals surface area contributed by atoms with Gasteiger partial charge in [0, 0.05) is 6.42 Å². The second-order valence-corrected chi connectivity index (χ2v) is 28.0. The Labute approximate surface area is 558 Å². The third-order valence-corrected chi connectivity index (χ3v) is 17.6. The maximum absolute atomic E-state index is 13.1. The van der Waals surface area contributed by atoms with Crippen LogP contribution in [0.25, 0.3) is 0 Å². The average Bonchev–Trinajstić information content (AvgIpc) is 3.18. The van der Waals surface area contributed by atoms with Gasteiger partial charge in [0.25, 0.3) is 7.82 Å². The van der Waals surface area contributed by atoms with E-state index in [0.717, 1.165) is 89.9 Å². The molecule has 0 bridgehead atoms. The van der Waals surface area contributed by atoms with Gasteiger partial charge in [-0.1, -0.05) is 354 Å². The van der Waals surface area contributed by atoms with Crippen LogP contribution >= 0.6 is 7.82 Å². The van der Waals surface area contributed by atoms with Crippen LogP contribution in [0, 0.1) is 0 Å². The van der Waals surface area contributed by atoms with E-state index in [-0.39, 0.29) is 12.5 Å². The number of aliphatic hydroxyl groups is 1. The SMILES string of the molecule is CC/C=C\C/C=C\C/C=C\C/C=C\C/C=C\C/C=C\C/C=C\C/C=C\CCCCCCCCCCCCCCC(=O)NC(COP(=O)([O-])OCC[N+](C)(C)C)C(O)/C=C/CC/C=C/CCCCCCCCCCCCCCCCCCCCCCCCCCC. The minimum absolute atomic E-state index is 0.0111. The van der Waals surface area contributed by atoms with E-state index in [1.807, 2.05) is 27.2 Å². The highest BCUT2D eigenvalue weighted by molar-refractivity contribution is 7.45. The molecule has 90 heavy (non-hydrogen) atoms. The van der Waals surface area contributed by atoms with Gasteiger partial charge >= 0.3 is 0 Å². The maximum atomic E-state index is 13.1. The van der Waals surface area contributed by atoms with E-state index in [4.69, 9.17) is 9.05 Å². The summed E-state index contributed by atoms with van der Waals surface area (Å²) in [6, 6.07) is -0.914. The molecular weight excluding hydrogens is 1130 g/mol. The number of allylic oxidation sites excluding steroid dienone is 19. The van der Waals surface area contributed by atoms with E-state index < -0.39 is 26.6 Å². The van der Waals surface area contributed by atoms with Crippen molar-refractivity contribution in [3.63, 3.8) is 0 Å². The van der Waals surface area contributed by atoms with Crippen LogP contribution in [0.15, 0.2) is 122 Å². The molecule has 0 rings (SSSR count). The van der Waals surface area contributed by atoms with E-state index in [1.54, 1.807) is 6.08 Å². The quantitative estimate of drug-likeness (QED) is 0.0272. The summed E-state index contributed by atoms with van der Waals surface area (Å²) < 4.78 is 23.5. The fraction of sp³-hybridized carbons (Fsp3) is 0.741. The zero-order valence-corrected chi connectivity index (χ0v) is 60.5. The number of rotatable bonds is 69. The van der Waals surface area contributed by atoms with Crippen molar-refractivity contribution in [3.05, 3.63) is 122 Å². The van der Waals surface area contributed by atoms with Crippen molar-refractivity contribution in [3.8, 4) is 0 Å². The molecule has 0 aliphatic heterocycles. The molecule has 0 heterocycles. The fourth-order valence-electron chi connectivity index (χ4n) is 10.8. The van der Waals surface area contributed by atoms with Crippen molar-refractivity contribution >= 4 is 13.7 Å². The highest BCUT2D eigenvalue weighted by Gasteiger charge is 2.23. The van der Waals surface area contributed by atoms with Crippen molar-refractivity contribution in [2.45, 2.75) is 347 Å². The first-order valence-corrected chi connectivity index (χ1v) is 39.4. The predicted molar refractivity (Wildman–Crippen MR) is 394 cm³/mol. The van der Waals surface area contributed by atoms with Gasteiger partial charge in [0.05, 0.1) is 39.9 Å². The molecule has 0 aliphatic rings. The fourth-order valence-corrected chi connectivity index (χ4v) is 11.6. The van der Waals surface area contributed by atoms with Crippen molar-refractivity contribution in [2.24, 2.45) is 0 Å². The lowest BCUT2D eigenvalue weighted by Gasteiger charge is -2.29. The van der Waals surface area contributed by atoms with Gasteiger partial charge in [-0.05, 0) is 96.3 Å². The van der Waals surface area contributed by atoms with Gasteiger partial charge in [-0.2, -0.15) is 0 Å². The Morgan fingerprint density at radius 3 is 1.03 bits per heavy atom. The number of amides is 1. The van der Waals surface area contributed by atoms with Crippen LogP contribution in [0.2, 0.25) is 0 Å². The molecule has 0 spiro atoms. The molecule has 0 saturated heterocycles. The molecule has 0 radical (unpaired) electrons. The molecule has 520 valence electrons. The van der Waals surface area contributed by atoms with Crippen molar-refractivity contribution in [2.75, 3.05) is 40.9 Å². The zero-order chi connectivity index (χ0) is 65.5. The van der Waals surface area contributed by atoms with Crippen LogP contribution in [-0.4, -0.2) is 68.5 Å². The first-order chi connectivity index (χ1) is 44.0. The number of nitrogens with zero attached hydrogens (tertiary/aromatic N) is 1. The summed E-state index contributed by atoms with van der Waals surface area (Å²) in [6.45, 7) is 4.54. The summed E-state index contributed by atoms with van der Waals surface area (Å²) in [7, 11) is 1.24. The number of carbonyl (C=O) groups is 1. The summed E-state index contributed by atoms with van der Waals surface area (Å²) in [5, 5.41) is 14.0. The molecular formula is C81H145N2O6P. The van der Waals surface area contributed by atoms with Crippen molar-refractivity contribution in [1.82, 2.24) is 5.32 Å².